The van der Waals surface area contributed by atoms with Crippen molar-refractivity contribution in [3.8, 4) is 11.1 Å². The lowest BCUT2D eigenvalue weighted by Gasteiger charge is -2.25. The van der Waals surface area contributed by atoms with Crippen molar-refractivity contribution in [3.05, 3.63) is 54.4 Å². The summed E-state index contributed by atoms with van der Waals surface area (Å²) in [6, 6.07) is 15.1. The van der Waals surface area contributed by atoms with Crippen molar-refractivity contribution in [3.63, 3.8) is 0 Å². The number of hydrogen-bond donors (Lipinski definition) is 2. The number of nitrogens with zero attached hydrogens (tertiary/aromatic N) is 1. The van der Waals surface area contributed by atoms with E-state index in [1.165, 1.54) is 60.6 Å². The molecule has 1 aromatic carbocycles. The second-order valence-electron chi connectivity index (χ2n) is 7.71. The molecule has 3 aromatic rings. The largest absolute Gasteiger partial charge is 0.346 e. The second-order valence-corrected chi connectivity index (χ2v) is 7.71. The van der Waals surface area contributed by atoms with E-state index in [1.54, 1.807) is 0 Å². The van der Waals surface area contributed by atoms with Crippen LogP contribution < -0.4 is 5.32 Å². The molecule has 2 bridgehead atoms. The maximum atomic E-state index is 4.40. The van der Waals surface area contributed by atoms with Crippen molar-refractivity contribution in [2.75, 3.05) is 0 Å². The highest BCUT2D eigenvalue weighted by Crippen LogP contribution is 2.35. The molecule has 0 amide bonds. The fourth-order valence-corrected chi connectivity index (χ4v) is 4.79. The van der Waals surface area contributed by atoms with Gasteiger partial charge in [-0.1, -0.05) is 24.3 Å². The van der Waals surface area contributed by atoms with Gasteiger partial charge in [-0.2, -0.15) is 0 Å². The molecular weight excluding hydrogens is 306 g/mol. The Hall–Kier alpha value is -2.13. The summed E-state index contributed by atoms with van der Waals surface area (Å²) >= 11 is 0. The van der Waals surface area contributed by atoms with E-state index in [2.05, 4.69) is 51.7 Å². The van der Waals surface area contributed by atoms with Crippen LogP contribution in [-0.2, 0) is 0 Å². The average molecular weight is 331 g/mol. The number of aromatic amines is 1. The third-order valence-corrected chi connectivity index (χ3v) is 6.22. The summed E-state index contributed by atoms with van der Waals surface area (Å²) < 4.78 is 0. The van der Waals surface area contributed by atoms with Crippen LogP contribution >= 0.6 is 0 Å². The van der Waals surface area contributed by atoms with Gasteiger partial charge in [0.15, 0.2) is 0 Å². The molecule has 2 unspecified atom stereocenters. The Morgan fingerprint density at radius 1 is 0.800 bits per heavy atom. The molecule has 0 aliphatic carbocycles. The van der Waals surface area contributed by atoms with Crippen LogP contribution in [0, 0.1) is 0 Å². The number of nitrogens with one attached hydrogen (secondary N) is 2. The van der Waals surface area contributed by atoms with Crippen LogP contribution in [0.4, 0.5) is 0 Å². The Labute approximate surface area is 148 Å². The Balaban J connectivity index is 1.40. The van der Waals surface area contributed by atoms with E-state index in [-0.39, 0.29) is 0 Å². The zero-order valence-electron chi connectivity index (χ0n) is 14.5. The van der Waals surface area contributed by atoms with Gasteiger partial charge in [0.2, 0.25) is 0 Å². The molecule has 2 saturated heterocycles. The summed E-state index contributed by atoms with van der Waals surface area (Å²) in [6.45, 7) is 0. The first-order valence-electron chi connectivity index (χ1n) is 9.65. The number of benzene rings is 1. The molecule has 3 heteroatoms. The predicted molar refractivity (Wildman–Crippen MR) is 103 cm³/mol. The third kappa shape index (κ3) is 2.87. The number of hydrogen-bond acceptors (Lipinski definition) is 2. The fraction of sp³-hybridized carbons (Fsp3) is 0.409. The highest BCUT2D eigenvalue weighted by atomic mass is 15.0. The Kier molecular flexibility index (Phi) is 3.82. The standard InChI is InChI=1S/C22H25N3/c1-3-17(20-11-13-23-22-21(20)12-14-24-22)4-2-15(1)16-5-7-18-9-10-19(25-18)8-6-16/h1-4,11-14,16,18-19,25H,5-10H2,(H,23,24). The van der Waals surface area contributed by atoms with Gasteiger partial charge < -0.3 is 10.3 Å². The van der Waals surface area contributed by atoms with Crippen LogP contribution in [0.25, 0.3) is 22.2 Å². The molecule has 5 rings (SSSR count). The smallest absolute Gasteiger partial charge is 0.137 e. The quantitative estimate of drug-likeness (QED) is 0.693. The molecule has 2 atom stereocenters. The summed E-state index contributed by atoms with van der Waals surface area (Å²) in [5, 5.41) is 5.00. The topological polar surface area (TPSA) is 40.7 Å². The van der Waals surface area contributed by atoms with Crippen LogP contribution in [-0.4, -0.2) is 22.1 Å². The van der Waals surface area contributed by atoms with E-state index < -0.39 is 0 Å². The number of fused-ring (bicyclic) bond motifs is 3. The Bertz CT molecular complexity index is 850. The highest BCUT2D eigenvalue weighted by molar-refractivity contribution is 5.92. The van der Waals surface area contributed by atoms with Gasteiger partial charge in [0.1, 0.15) is 5.65 Å². The molecule has 0 radical (unpaired) electrons. The number of H-pyrrole nitrogens is 1. The van der Waals surface area contributed by atoms with Gasteiger partial charge in [0.25, 0.3) is 0 Å². The lowest BCUT2D eigenvalue weighted by molar-refractivity contribution is 0.393. The first-order chi connectivity index (χ1) is 12.4. The summed E-state index contributed by atoms with van der Waals surface area (Å²) in [5.41, 5.74) is 5.02. The summed E-state index contributed by atoms with van der Waals surface area (Å²) in [6.07, 6.45) is 11.9. The van der Waals surface area contributed by atoms with E-state index >= 15 is 0 Å². The van der Waals surface area contributed by atoms with Gasteiger partial charge in [-0.25, -0.2) is 4.98 Å². The van der Waals surface area contributed by atoms with E-state index in [0.717, 1.165) is 23.6 Å². The molecule has 128 valence electrons. The van der Waals surface area contributed by atoms with Crippen LogP contribution in [0.1, 0.15) is 50.0 Å². The number of aromatic nitrogens is 2. The van der Waals surface area contributed by atoms with Crippen molar-refractivity contribution in [2.45, 2.75) is 56.5 Å². The van der Waals surface area contributed by atoms with E-state index in [1.807, 2.05) is 12.4 Å². The zero-order chi connectivity index (χ0) is 16.6. The minimum atomic E-state index is 0.726. The molecule has 0 saturated carbocycles. The lowest BCUT2D eigenvalue weighted by atomic mass is 9.86. The van der Waals surface area contributed by atoms with E-state index in [4.69, 9.17) is 0 Å². The van der Waals surface area contributed by atoms with Crippen molar-refractivity contribution in [1.82, 2.24) is 15.3 Å². The maximum Gasteiger partial charge on any atom is 0.137 e. The molecule has 4 heterocycles. The minimum Gasteiger partial charge on any atom is -0.346 e. The van der Waals surface area contributed by atoms with Gasteiger partial charge >= 0.3 is 0 Å². The van der Waals surface area contributed by atoms with Crippen LogP contribution in [0.15, 0.2) is 48.8 Å². The second kappa shape index (κ2) is 6.30. The zero-order valence-corrected chi connectivity index (χ0v) is 14.5. The molecule has 2 aliphatic heterocycles. The average Bonchev–Trinajstić information content (AvgIpc) is 3.30. The molecule has 2 aliphatic rings. The summed E-state index contributed by atoms with van der Waals surface area (Å²) in [4.78, 5) is 7.60. The van der Waals surface area contributed by atoms with E-state index in [9.17, 15) is 0 Å². The fourth-order valence-electron chi connectivity index (χ4n) is 4.79. The Morgan fingerprint density at radius 2 is 1.52 bits per heavy atom. The van der Waals surface area contributed by atoms with Gasteiger partial charge in [-0.05, 0) is 73.3 Å². The number of pyridine rings is 1. The lowest BCUT2D eigenvalue weighted by Crippen LogP contribution is -2.31. The van der Waals surface area contributed by atoms with Gasteiger partial charge in [0.05, 0.1) is 0 Å². The predicted octanol–water partition coefficient (Wildman–Crippen LogP) is 5.01. The SMILES string of the molecule is c1cc(-c2ccc(C3CCC4CCC(CC3)N4)cc2)c2cc[nH]c2n1. The molecule has 0 spiro atoms. The van der Waals surface area contributed by atoms with Crippen LogP contribution in [0.3, 0.4) is 0 Å². The Morgan fingerprint density at radius 3 is 2.28 bits per heavy atom. The molecule has 2 N–H and O–H groups in total. The monoisotopic (exact) mass is 331 g/mol. The van der Waals surface area contributed by atoms with Crippen LogP contribution in [0.5, 0.6) is 0 Å². The first-order valence-corrected chi connectivity index (χ1v) is 9.65. The normalized spacial score (nSPS) is 26.5. The van der Waals surface area contributed by atoms with E-state index in [0.29, 0.717) is 0 Å². The minimum absolute atomic E-state index is 0.726. The molecular formula is C22H25N3. The van der Waals surface area contributed by atoms with Gasteiger partial charge in [-0.15, -0.1) is 0 Å². The van der Waals surface area contributed by atoms with Gasteiger partial charge in [0, 0.05) is 29.9 Å². The van der Waals surface area contributed by atoms with Crippen molar-refractivity contribution < 1.29 is 0 Å². The molecule has 2 aromatic heterocycles. The highest BCUT2D eigenvalue weighted by Gasteiger charge is 2.28. The van der Waals surface area contributed by atoms with Crippen molar-refractivity contribution in [1.29, 1.82) is 0 Å². The number of rotatable bonds is 2. The first kappa shape index (κ1) is 15.2. The summed E-state index contributed by atoms with van der Waals surface area (Å²) in [7, 11) is 0. The molecule has 3 nitrogen and oxygen atoms in total. The molecule has 2 fully saturated rings. The maximum absolute atomic E-state index is 4.40. The third-order valence-electron chi connectivity index (χ3n) is 6.22. The van der Waals surface area contributed by atoms with Gasteiger partial charge in [-0.3, -0.25) is 0 Å². The summed E-state index contributed by atoms with van der Waals surface area (Å²) in [5.74, 6) is 0.726. The van der Waals surface area contributed by atoms with Crippen LogP contribution in [0.2, 0.25) is 0 Å². The molecule has 25 heavy (non-hydrogen) atoms. The van der Waals surface area contributed by atoms with Crippen molar-refractivity contribution >= 4 is 11.0 Å². The van der Waals surface area contributed by atoms with Crippen molar-refractivity contribution in [2.24, 2.45) is 0 Å².